The Hall–Kier alpha value is -3.84. The second-order valence-electron chi connectivity index (χ2n) is 8.23. The van der Waals surface area contributed by atoms with Crippen LogP contribution in [0.3, 0.4) is 0 Å². The highest BCUT2D eigenvalue weighted by Gasteiger charge is 2.31. The predicted molar refractivity (Wildman–Crippen MR) is 135 cm³/mol. The molecule has 188 valence electrons. The highest BCUT2D eigenvalue weighted by atomic mass is 32.2. The normalized spacial score (nSPS) is 15.3. The molecule has 2 amide bonds. The van der Waals surface area contributed by atoms with Crippen LogP contribution in [0.5, 0.6) is 0 Å². The summed E-state index contributed by atoms with van der Waals surface area (Å²) in [7, 11) is -3.84. The molecule has 1 aliphatic heterocycles. The topological polar surface area (TPSA) is 118 Å². The highest BCUT2D eigenvalue weighted by Crippen LogP contribution is 2.26. The monoisotopic (exact) mass is 530 g/mol. The maximum Gasteiger partial charge on any atom is 0.263 e. The number of amides is 2. The molecule has 2 aromatic carbocycles. The Kier molecular flexibility index (Phi) is 6.18. The Labute approximate surface area is 211 Å². The summed E-state index contributed by atoms with van der Waals surface area (Å²) < 4.78 is 47.1. The van der Waals surface area contributed by atoms with Crippen molar-refractivity contribution < 1.29 is 23.8 Å². The van der Waals surface area contributed by atoms with Crippen molar-refractivity contribution in [3.63, 3.8) is 0 Å². The number of carbonyl (C=O) groups is 2. The molecule has 36 heavy (non-hydrogen) atoms. The molecule has 13 heteroatoms. The molecule has 0 spiro atoms. The second kappa shape index (κ2) is 9.32. The van der Waals surface area contributed by atoms with E-state index in [4.69, 9.17) is 0 Å². The summed E-state index contributed by atoms with van der Waals surface area (Å²) in [5, 5.41) is 0.847. The van der Waals surface area contributed by atoms with Crippen LogP contribution >= 0.6 is 11.5 Å². The van der Waals surface area contributed by atoms with Crippen LogP contribution in [0.2, 0.25) is 0 Å². The number of carbonyl (C=O) groups excluding carboxylic acids is 2. The Morgan fingerprint density at radius 1 is 1.17 bits per heavy atom. The number of benzene rings is 2. The first-order valence-electron chi connectivity index (χ1n) is 11.0. The van der Waals surface area contributed by atoms with Crippen molar-refractivity contribution in [3.05, 3.63) is 66.9 Å². The number of aromatic nitrogens is 3. The molecule has 4 aromatic rings. The van der Waals surface area contributed by atoms with Gasteiger partial charge in [0.1, 0.15) is 24.7 Å². The number of fused-ring (bicyclic) bond motifs is 1. The minimum atomic E-state index is -3.84. The summed E-state index contributed by atoms with van der Waals surface area (Å²) in [4.78, 5) is 32.8. The lowest BCUT2D eigenvalue weighted by molar-refractivity contribution is -0.139. The fraction of sp³-hybridized carbons (Fsp3) is 0.217. The number of hydrogen-bond donors (Lipinski definition) is 1. The Bertz CT molecular complexity index is 1540. The molecule has 0 unspecified atom stereocenters. The van der Waals surface area contributed by atoms with Crippen LogP contribution < -0.4 is 9.62 Å². The van der Waals surface area contributed by atoms with E-state index in [1.165, 1.54) is 34.3 Å². The zero-order valence-electron chi connectivity index (χ0n) is 19.0. The van der Waals surface area contributed by atoms with Crippen molar-refractivity contribution in [3.8, 4) is 0 Å². The lowest BCUT2D eigenvalue weighted by Gasteiger charge is -2.35. The van der Waals surface area contributed by atoms with E-state index in [1.807, 2.05) is 0 Å². The van der Waals surface area contributed by atoms with Gasteiger partial charge in [-0.25, -0.2) is 17.8 Å². The number of nitrogens with one attached hydrogen (secondary N) is 1. The van der Waals surface area contributed by atoms with Crippen LogP contribution in [-0.4, -0.2) is 58.7 Å². The molecule has 5 rings (SSSR count). The lowest BCUT2D eigenvalue weighted by atomic mass is 10.2. The molecule has 0 radical (unpaired) electrons. The SMILES string of the molecule is C[C@H](C(=O)N1CCN(c2ccc(S(=O)(=O)Nc3ncns3)cc2)C(=O)C1)n1ccc2cccc(F)c21.[HH]. The van der Waals surface area contributed by atoms with Crippen LogP contribution in [0.15, 0.2) is 66.0 Å². The molecule has 0 aliphatic carbocycles. The number of nitrogens with zero attached hydrogens (tertiary/aromatic N) is 5. The van der Waals surface area contributed by atoms with E-state index >= 15 is 0 Å². The maximum atomic E-state index is 14.4. The van der Waals surface area contributed by atoms with E-state index in [0.717, 1.165) is 11.5 Å². The molecule has 1 saturated heterocycles. The van der Waals surface area contributed by atoms with E-state index in [2.05, 4.69) is 14.1 Å². The van der Waals surface area contributed by atoms with Gasteiger partial charge >= 0.3 is 0 Å². The summed E-state index contributed by atoms with van der Waals surface area (Å²) in [6.45, 7) is 2.08. The maximum absolute atomic E-state index is 14.4. The van der Waals surface area contributed by atoms with Gasteiger partial charge in [0.05, 0.1) is 10.4 Å². The first-order valence-corrected chi connectivity index (χ1v) is 13.2. The van der Waals surface area contributed by atoms with Gasteiger partial charge in [0.2, 0.25) is 16.9 Å². The molecule has 1 fully saturated rings. The van der Waals surface area contributed by atoms with E-state index in [0.29, 0.717) is 16.6 Å². The number of hydrogen-bond acceptors (Lipinski definition) is 7. The zero-order valence-corrected chi connectivity index (χ0v) is 20.7. The highest BCUT2D eigenvalue weighted by molar-refractivity contribution is 7.93. The Morgan fingerprint density at radius 3 is 2.64 bits per heavy atom. The quantitative estimate of drug-likeness (QED) is 0.409. The molecule has 0 bridgehead atoms. The fourth-order valence-electron chi connectivity index (χ4n) is 4.21. The van der Waals surface area contributed by atoms with E-state index in [1.54, 1.807) is 48.0 Å². The summed E-state index contributed by atoms with van der Waals surface area (Å²) in [5.74, 6) is -0.997. The van der Waals surface area contributed by atoms with E-state index < -0.39 is 21.9 Å². The van der Waals surface area contributed by atoms with Crippen LogP contribution in [0, 0.1) is 5.82 Å². The number of sulfonamides is 1. The molecule has 2 aromatic heterocycles. The van der Waals surface area contributed by atoms with Crippen LogP contribution in [0.25, 0.3) is 10.9 Å². The minimum Gasteiger partial charge on any atom is -0.333 e. The largest absolute Gasteiger partial charge is 0.333 e. The molecule has 1 atom stereocenters. The van der Waals surface area contributed by atoms with Gasteiger partial charge in [-0.15, -0.1) is 0 Å². The number of para-hydroxylation sites is 1. The smallest absolute Gasteiger partial charge is 0.263 e. The number of halogens is 1. The summed E-state index contributed by atoms with van der Waals surface area (Å²) in [5.41, 5.74) is 0.868. The predicted octanol–water partition coefficient (Wildman–Crippen LogP) is 3.12. The van der Waals surface area contributed by atoms with Crippen molar-refractivity contribution in [2.24, 2.45) is 0 Å². The number of rotatable bonds is 6. The van der Waals surface area contributed by atoms with Gasteiger partial charge in [0.25, 0.3) is 10.0 Å². The van der Waals surface area contributed by atoms with Crippen molar-refractivity contribution >= 4 is 55.1 Å². The van der Waals surface area contributed by atoms with E-state index in [-0.39, 0.29) is 42.9 Å². The third-order valence-electron chi connectivity index (χ3n) is 6.04. The molecule has 1 aliphatic rings. The summed E-state index contributed by atoms with van der Waals surface area (Å²) >= 11 is 0.919. The zero-order chi connectivity index (χ0) is 25.4. The molecule has 0 saturated carbocycles. The van der Waals surface area contributed by atoms with Crippen LogP contribution in [0.1, 0.15) is 14.4 Å². The van der Waals surface area contributed by atoms with Gasteiger partial charge in [-0.05, 0) is 43.3 Å². The van der Waals surface area contributed by atoms with Gasteiger partial charge < -0.3 is 14.4 Å². The van der Waals surface area contributed by atoms with Crippen LogP contribution in [0.4, 0.5) is 15.2 Å². The third kappa shape index (κ3) is 4.42. The first-order chi connectivity index (χ1) is 17.2. The van der Waals surface area contributed by atoms with Crippen LogP contribution in [-0.2, 0) is 19.6 Å². The van der Waals surface area contributed by atoms with Gasteiger partial charge in [-0.3, -0.25) is 14.3 Å². The van der Waals surface area contributed by atoms with Crippen molar-refractivity contribution in [1.82, 2.24) is 18.8 Å². The standard InChI is InChI=1S/C23H21FN6O4S2.H2/c1-15(29-10-9-16-3-2-4-19(24)21(16)29)22(32)28-11-12-30(20(31)13-28)17-5-7-18(8-6-17)36(33,34)27-23-25-14-26-35-23;/h2-10,14-15H,11-13H2,1H3,(H,25,26,27);1H/t15-;/m1./s1. The average molecular weight is 531 g/mol. The summed E-state index contributed by atoms with van der Waals surface area (Å²) in [6.07, 6.45) is 2.92. The average Bonchev–Trinajstić information content (AvgIpc) is 3.53. The molecular formula is C23H23FN6O4S2. The van der Waals surface area contributed by atoms with Crippen molar-refractivity contribution in [2.45, 2.75) is 17.9 Å². The minimum absolute atomic E-state index is 0. The molecule has 3 heterocycles. The third-order valence-corrected chi connectivity index (χ3v) is 8.10. The molecule has 10 nitrogen and oxygen atoms in total. The van der Waals surface area contributed by atoms with Gasteiger partial charge in [-0.1, -0.05) is 12.1 Å². The summed E-state index contributed by atoms with van der Waals surface area (Å²) in [6, 6.07) is 11.7. The Morgan fingerprint density at radius 2 is 1.94 bits per heavy atom. The molecule has 1 N–H and O–H groups in total. The van der Waals surface area contributed by atoms with Crippen molar-refractivity contribution in [2.75, 3.05) is 29.3 Å². The number of anilines is 2. The second-order valence-corrected chi connectivity index (χ2v) is 10.7. The fourth-order valence-corrected chi connectivity index (χ4v) is 5.87. The number of piperazine rings is 1. The van der Waals surface area contributed by atoms with Gasteiger partial charge in [-0.2, -0.15) is 4.37 Å². The van der Waals surface area contributed by atoms with Gasteiger partial charge in [0, 0.05) is 43.3 Å². The first kappa shape index (κ1) is 23.9. The van der Waals surface area contributed by atoms with Gasteiger partial charge in [0.15, 0.2) is 0 Å². The van der Waals surface area contributed by atoms with Crippen molar-refractivity contribution in [1.29, 1.82) is 0 Å². The van der Waals surface area contributed by atoms with E-state index in [9.17, 15) is 22.4 Å². The molecular weight excluding hydrogens is 507 g/mol. The Balaban J connectivity index is 0.00000320. The lowest BCUT2D eigenvalue weighted by Crippen LogP contribution is -2.53.